The predicted molar refractivity (Wildman–Crippen MR) is 94.0 cm³/mol. The van der Waals surface area contributed by atoms with Crippen LogP contribution in [-0.2, 0) is 14.3 Å². The second-order valence-electron chi connectivity index (χ2n) is 6.39. The Hall–Kier alpha value is -1.47. The molecule has 1 aliphatic rings. The molecule has 7 heteroatoms. The molecule has 0 spiro atoms. The number of hydrogen-bond acceptors (Lipinski definition) is 5. The molecule has 1 unspecified atom stereocenters. The molecule has 1 saturated heterocycles. The van der Waals surface area contributed by atoms with Gasteiger partial charge in [0.1, 0.15) is 6.61 Å². The van der Waals surface area contributed by atoms with Crippen LogP contribution in [0.4, 0.5) is 0 Å². The third-order valence-corrected chi connectivity index (χ3v) is 5.63. The highest BCUT2D eigenvalue weighted by Gasteiger charge is 2.31. The van der Waals surface area contributed by atoms with Crippen LogP contribution in [0.1, 0.15) is 41.4 Å². The highest BCUT2D eigenvalue weighted by molar-refractivity contribution is 7.11. The van der Waals surface area contributed by atoms with Crippen molar-refractivity contribution >= 4 is 23.2 Å². The highest BCUT2D eigenvalue weighted by Crippen LogP contribution is 2.28. The summed E-state index contributed by atoms with van der Waals surface area (Å²) in [5.41, 5.74) is 0.987. The van der Waals surface area contributed by atoms with Gasteiger partial charge in [0.05, 0.1) is 16.7 Å². The second-order valence-corrected chi connectivity index (χ2v) is 7.79. The van der Waals surface area contributed by atoms with Gasteiger partial charge in [-0.15, -0.1) is 11.3 Å². The fraction of sp³-hybridized carbons (Fsp3) is 0.706. The first-order valence-electron chi connectivity index (χ1n) is 8.32. The number of nitrogens with zero attached hydrogens (tertiary/aromatic N) is 3. The SMILES string of the molecule is COCC(=O)N1CCC(C(=O)N(C)C(C)c2nc(C)sc2C)CC1. The van der Waals surface area contributed by atoms with Crippen molar-refractivity contribution in [2.75, 3.05) is 33.9 Å². The smallest absolute Gasteiger partial charge is 0.248 e. The summed E-state index contributed by atoms with van der Waals surface area (Å²) < 4.78 is 4.89. The molecule has 134 valence electrons. The Morgan fingerprint density at radius 3 is 2.50 bits per heavy atom. The monoisotopic (exact) mass is 353 g/mol. The van der Waals surface area contributed by atoms with E-state index in [1.165, 1.54) is 12.0 Å². The van der Waals surface area contributed by atoms with E-state index in [1.54, 1.807) is 21.1 Å². The molecule has 0 N–H and O–H groups in total. The van der Waals surface area contributed by atoms with E-state index in [0.717, 1.165) is 10.7 Å². The van der Waals surface area contributed by atoms with Gasteiger partial charge in [0.25, 0.3) is 0 Å². The zero-order valence-electron chi connectivity index (χ0n) is 15.2. The first-order valence-corrected chi connectivity index (χ1v) is 9.14. The maximum atomic E-state index is 12.8. The van der Waals surface area contributed by atoms with E-state index in [2.05, 4.69) is 11.9 Å². The maximum absolute atomic E-state index is 12.8. The number of aromatic nitrogens is 1. The third-order valence-electron chi connectivity index (χ3n) is 4.73. The summed E-state index contributed by atoms with van der Waals surface area (Å²) in [4.78, 5) is 34.0. The average Bonchev–Trinajstić information content (AvgIpc) is 2.91. The van der Waals surface area contributed by atoms with Gasteiger partial charge in [0, 0.05) is 38.0 Å². The molecular formula is C17H27N3O3S. The molecule has 1 fully saturated rings. The van der Waals surface area contributed by atoms with Crippen LogP contribution in [0.25, 0.3) is 0 Å². The number of hydrogen-bond donors (Lipinski definition) is 0. The number of carbonyl (C=O) groups excluding carboxylic acids is 2. The Bertz CT molecular complexity index is 594. The summed E-state index contributed by atoms with van der Waals surface area (Å²) in [6.45, 7) is 7.41. The largest absolute Gasteiger partial charge is 0.375 e. The number of thiazole rings is 1. The lowest BCUT2D eigenvalue weighted by Crippen LogP contribution is -2.45. The quantitative estimate of drug-likeness (QED) is 0.814. The van der Waals surface area contributed by atoms with Crippen molar-refractivity contribution in [1.29, 1.82) is 0 Å². The minimum absolute atomic E-state index is 0.00121. The molecule has 0 radical (unpaired) electrons. The van der Waals surface area contributed by atoms with Gasteiger partial charge in [-0.3, -0.25) is 9.59 Å². The molecule has 1 aromatic rings. The summed E-state index contributed by atoms with van der Waals surface area (Å²) >= 11 is 1.67. The van der Waals surface area contributed by atoms with Gasteiger partial charge in [-0.2, -0.15) is 0 Å². The van der Waals surface area contributed by atoms with Gasteiger partial charge in [0.2, 0.25) is 11.8 Å². The van der Waals surface area contributed by atoms with Gasteiger partial charge in [0.15, 0.2) is 0 Å². The van der Waals surface area contributed by atoms with Crippen molar-refractivity contribution in [3.63, 3.8) is 0 Å². The maximum Gasteiger partial charge on any atom is 0.248 e. The zero-order valence-corrected chi connectivity index (χ0v) is 16.0. The molecule has 0 aliphatic carbocycles. The molecule has 0 saturated carbocycles. The van der Waals surface area contributed by atoms with Gasteiger partial charge in [-0.1, -0.05) is 0 Å². The van der Waals surface area contributed by atoms with Crippen LogP contribution in [0.3, 0.4) is 0 Å². The Morgan fingerprint density at radius 2 is 2.00 bits per heavy atom. The first kappa shape index (κ1) is 18.9. The summed E-state index contributed by atoms with van der Waals surface area (Å²) in [7, 11) is 3.37. The average molecular weight is 353 g/mol. The van der Waals surface area contributed by atoms with Crippen LogP contribution in [0.2, 0.25) is 0 Å². The molecule has 6 nitrogen and oxygen atoms in total. The molecule has 1 aromatic heterocycles. The van der Waals surface area contributed by atoms with Crippen LogP contribution in [0.15, 0.2) is 0 Å². The summed E-state index contributed by atoms with van der Waals surface area (Å²) in [5, 5.41) is 1.03. The molecule has 1 aliphatic heterocycles. The van der Waals surface area contributed by atoms with Crippen LogP contribution in [0, 0.1) is 19.8 Å². The number of methoxy groups -OCH3 is 1. The van der Waals surface area contributed by atoms with E-state index < -0.39 is 0 Å². The molecule has 2 rings (SSSR count). The highest BCUT2D eigenvalue weighted by atomic mass is 32.1. The lowest BCUT2D eigenvalue weighted by Gasteiger charge is -2.34. The van der Waals surface area contributed by atoms with E-state index in [0.29, 0.717) is 25.9 Å². The van der Waals surface area contributed by atoms with Crippen LogP contribution in [0.5, 0.6) is 0 Å². The van der Waals surface area contributed by atoms with Crippen molar-refractivity contribution in [2.45, 2.75) is 39.7 Å². The van der Waals surface area contributed by atoms with Crippen molar-refractivity contribution in [2.24, 2.45) is 5.92 Å². The van der Waals surface area contributed by atoms with E-state index in [9.17, 15) is 9.59 Å². The van der Waals surface area contributed by atoms with E-state index >= 15 is 0 Å². The Morgan fingerprint density at radius 1 is 1.38 bits per heavy atom. The predicted octanol–water partition coefficient (Wildman–Crippen LogP) is 2.16. The number of amides is 2. The third kappa shape index (κ3) is 4.13. The molecule has 1 atom stereocenters. The topological polar surface area (TPSA) is 62.7 Å². The lowest BCUT2D eigenvalue weighted by molar-refractivity contribution is -0.142. The molecule has 0 bridgehead atoms. The molecule has 24 heavy (non-hydrogen) atoms. The summed E-state index contributed by atoms with van der Waals surface area (Å²) in [6, 6.07) is -0.0318. The number of carbonyl (C=O) groups is 2. The van der Waals surface area contributed by atoms with Crippen LogP contribution >= 0.6 is 11.3 Å². The molecular weight excluding hydrogens is 326 g/mol. The lowest BCUT2D eigenvalue weighted by atomic mass is 9.94. The van der Waals surface area contributed by atoms with Crippen molar-refractivity contribution in [3.05, 3.63) is 15.6 Å². The minimum Gasteiger partial charge on any atom is -0.375 e. The molecule has 2 amide bonds. The number of ether oxygens (including phenoxy) is 1. The fourth-order valence-electron chi connectivity index (χ4n) is 3.19. The van der Waals surface area contributed by atoms with Gasteiger partial charge in [-0.25, -0.2) is 4.98 Å². The van der Waals surface area contributed by atoms with E-state index in [-0.39, 0.29) is 30.4 Å². The second kappa shape index (κ2) is 8.07. The number of rotatable bonds is 5. The normalized spacial score (nSPS) is 17.0. The zero-order chi connectivity index (χ0) is 17.9. The first-order chi connectivity index (χ1) is 11.3. The number of piperidine rings is 1. The van der Waals surface area contributed by atoms with Gasteiger partial charge >= 0.3 is 0 Å². The van der Waals surface area contributed by atoms with Crippen molar-refractivity contribution in [3.8, 4) is 0 Å². The van der Waals surface area contributed by atoms with Crippen molar-refractivity contribution in [1.82, 2.24) is 14.8 Å². The molecule has 0 aromatic carbocycles. The Kier molecular flexibility index (Phi) is 6.34. The van der Waals surface area contributed by atoms with Crippen molar-refractivity contribution < 1.29 is 14.3 Å². The minimum atomic E-state index is -0.0318. The summed E-state index contributed by atoms with van der Waals surface area (Å²) in [6.07, 6.45) is 1.42. The number of aryl methyl sites for hydroxylation is 2. The van der Waals surface area contributed by atoms with Gasteiger partial charge in [-0.05, 0) is 33.6 Å². The van der Waals surface area contributed by atoms with Crippen LogP contribution in [-0.4, -0.2) is 60.5 Å². The number of likely N-dealkylation sites (tertiary alicyclic amines) is 1. The van der Waals surface area contributed by atoms with Gasteiger partial charge < -0.3 is 14.5 Å². The summed E-state index contributed by atoms with van der Waals surface area (Å²) in [5.74, 6) is 0.120. The molecule has 2 heterocycles. The Labute approximate surface area is 147 Å². The fourth-order valence-corrected chi connectivity index (χ4v) is 4.09. The van der Waals surface area contributed by atoms with E-state index in [1.807, 2.05) is 20.9 Å². The van der Waals surface area contributed by atoms with Crippen LogP contribution < -0.4 is 0 Å². The Balaban J connectivity index is 1.94. The standard InChI is InChI=1S/C17H27N3O3S/c1-11(16-12(2)24-13(3)18-16)19(4)17(22)14-6-8-20(9-7-14)15(21)10-23-5/h11,14H,6-10H2,1-5H3. The van der Waals surface area contributed by atoms with E-state index in [4.69, 9.17) is 4.74 Å².